The van der Waals surface area contributed by atoms with Crippen molar-refractivity contribution >= 4 is 35.8 Å². The summed E-state index contributed by atoms with van der Waals surface area (Å²) in [7, 11) is 0. The van der Waals surface area contributed by atoms with Crippen LogP contribution in [0.5, 0.6) is 0 Å². The lowest BCUT2D eigenvalue weighted by atomic mass is 10.0. The van der Waals surface area contributed by atoms with Crippen LogP contribution < -0.4 is 21.3 Å². The maximum Gasteiger partial charge on any atom is 0.408 e. The third kappa shape index (κ3) is 13.2. The number of esters is 2. The summed E-state index contributed by atoms with van der Waals surface area (Å²) in [6.45, 7) is 7.10. The normalized spacial score (nSPS) is 14.0. The zero-order valence-corrected chi connectivity index (χ0v) is 29.8. The molecule has 0 saturated carbocycles. The van der Waals surface area contributed by atoms with Gasteiger partial charge in [-0.2, -0.15) is 0 Å². The highest BCUT2D eigenvalue weighted by atomic mass is 16.6. The highest BCUT2D eigenvalue weighted by Gasteiger charge is 2.35. The summed E-state index contributed by atoms with van der Waals surface area (Å²) in [4.78, 5) is 81.3. The fourth-order valence-electron chi connectivity index (χ4n) is 4.84. The van der Waals surface area contributed by atoms with Gasteiger partial charge in [-0.3, -0.25) is 19.2 Å². The third-order valence-electron chi connectivity index (χ3n) is 7.52. The van der Waals surface area contributed by atoms with Crippen molar-refractivity contribution in [2.45, 2.75) is 89.9 Å². The number of aromatic amines is 1. The molecule has 1 heterocycles. The van der Waals surface area contributed by atoms with Gasteiger partial charge in [0.25, 0.3) is 0 Å². The second-order valence-corrected chi connectivity index (χ2v) is 12.9. The van der Waals surface area contributed by atoms with E-state index in [-0.39, 0.29) is 25.1 Å². The molecule has 15 nitrogen and oxygen atoms in total. The van der Waals surface area contributed by atoms with E-state index >= 15 is 0 Å². The summed E-state index contributed by atoms with van der Waals surface area (Å²) in [6, 6.07) is 15.5. The molecule has 3 rings (SSSR count). The number of aliphatic hydroxyl groups is 1. The van der Waals surface area contributed by atoms with Gasteiger partial charge >= 0.3 is 18.0 Å². The van der Waals surface area contributed by atoms with Crippen molar-refractivity contribution in [1.82, 2.24) is 26.3 Å². The molecule has 0 saturated heterocycles. The van der Waals surface area contributed by atoms with Gasteiger partial charge in [-0.15, -0.1) is 0 Å². The summed E-state index contributed by atoms with van der Waals surface area (Å²) in [5, 5.41) is 20.2. The lowest BCUT2D eigenvalue weighted by Crippen LogP contribution is -2.61. The molecule has 0 bridgehead atoms. The number of aromatic nitrogens is 1. The van der Waals surface area contributed by atoms with Gasteiger partial charge in [-0.1, -0.05) is 67.6 Å². The van der Waals surface area contributed by atoms with E-state index in [0.717, 1.165) is 5.56 Å². The van der Waals surface area contributed by atoms with Gasteiger partial charge in [-0.25, -0.2) is 9.59 Å². The molecule has 280 valence electrons. The molecular weight excluding hydrogens is 674 g/mol. The van der Waals surface area contributed by atoms with E-state index < -0.39 is 78.2 Å². The van der Waals surface area contributed by atoms with Crippen molar-refractivity contribution < 1.29 is 48.1 Å². The number of benzene rings is 2. The van der Waals surface area contributed by atoms with Crippen LogP contribution in [0.3, 0.4) is 0 Å². The van der Waals surface area contributed by atoms with Gasteiger partial charge in [-0.05, 0) is 57.4 Å². The Kier molecular flexibility index (Phi) is 15.4. The Balaban J connectivity index is 1.77. The highest BCUT2D eigenvalue weighted by molar-refractivity contribution is 5.95. The first-order chi connectivity index (χ1) is 24.7. The molecule has 15 heteroatoms. The Hall–Kier alpha value is -5.70. The number of carbonyl (C=O) groups is 6. The minimum absolute atomic E-state index is 0.0242. The number of aliphatic hydroxyl groups excluding tert-OH is 1. The summed E-state index contributed by atoms with van der Waals surface area (Å²) >= 11 is 0. The summed E-state index contributed by atoms with van der Waals surface area (Å²) in [5.41, 5.74) is 0.578. The first-order valence-corrected chi connectivity index (χ1v) is 16.8. The number of hydrogen-bond acceptors (Lipinski definition) is 10. The van der Waals surface area contributed by atoms with Crippen LogP contribution in [0, 0.1) is 0 Å². The smallest absolute Gasteiger partial charge is 0.408 e. The molecule has 0 aliphatic rings. The predicted molar refractivity (Wildman–Crippen MR) is 188 cm³/mol. The first-order valence-electron chi connectivity index (χ1n) is 16.8. The van der Waals surface area contributed by atoms with Crippen molar-refractivity contribution in [2.75, 3.05) is 6.61 Å². The van der Waals surface area contributed by atoms with Crippen LogP contribution in [-0.4, -0.2) is 82.3 Å². The molecule has 5 atom stereocenters. The summed E-state index contributed by atoms with van der Waals surface area (Å²) < 4.78 is 16.1. The van der Waals surface area contributed by atoms with Crippen molar-refractivity contribution in [2.24, 2.45) is 0 Å². The molecule has 52 heavy (non-hydrogen) atoms. The van der Waals surface area contributed by atoms with Crippen molar-refractivity contribution in [3.63, 3.8) is 0 Å². The van der Waals surface area contributed by atoms with E-state index in [0.29, 0.717) is 5.56 Å². The van der Waals surface area contributed by atoms with Crippen LogP contribution in [0.4, 0.5) is 4.79 Å². The molecule has 4 amide bonds. The van der Waals surface area contributed by atoms with Crippen molar-refractivity contribution in [3.05, 3.63) is 95.8 Å². The minimum atomic E-state index is -1.60. The van der Waals surface area contributed by atoms with Gasteiger partial charge in [0.2, 0.25) is 17.7 Å². The van der Waals surface area contributed by atoms with Crippen LogP contribution in [0.2, 0.25) is 0 Å². The Bertz CT molecular complexity index is 1630. The second kappa shape index (κ2) is 19.6. The van der Waals surface area contributed by atoms with E-state index in [1.165, 1.54) is 19.2 Å². The Labute approximate surface area is 302 Å². The van der Waals surface area contributed by atoms with Crippen LogP contribution in [0.25, 0.3) is 0 Å². The van der Waals surface area contributed by atoms with E-state index in [4.69, 9.17) is 14.2 Å². The first kappa shape index (κ1) is 40.7. The minimum Gasteiger partial charge on any atom is -0.461 e. The highest BCUT2D eigenvalue weighted by Crippen LogP contribution is 2.18. The Morgan fingerprint density at radius 1 is 0.788 bits per heavy atom. The quantitative estimate of drug-likeness (QED) is 0.0886. The van der Waals surface area contributed by atoms with Gasteiger partial charge in [0.15, 0.2) is 0 Å². The SMILES string of the molecule is CC[C@H](NC(=O)OC(C)(C)C)C(=O)N[C@H](C(=O)N[C@@H](CO)C(=O)N[C@H](CC(=O)OCc1ccccc1)c1ccccc1)[C@H](C)OC(=O)c1ccc[nH]1. The molecule has 0 aliphatic carbocycles. The van der Waals surface area contributed by atoms with Crippen LogP contribution in [0.15, 0.2) is 79.0 Å². The lowest BCUT2D eigenvalue weighted by Gasteiger charge is -2.29. The van der Waals surface area contributed by atoms with Crippen LogP contribution in [0.1, 0.15) is 75.1 Å². The van der Waals surface area contributed by atoms with E-state index in [1.54, 1.807) is 76.2 Å². The summed E-state index contributed by atoms with van der Waals surface area (Å²) in [6.07, 6.45) is -0.833. The van der Waals surface area contributed by atoms with Crippen LogP contribution in [-0.2, 0) is 40.0 Å². The van der Waals surface area contributed by atoms with Gasteiger partial charge < -0.3 is 45.6 Å². The van der Waals surface area contributed by atoms with Gasteiger partial charge in [0, 0.05) is 6.20 Å². The fraction of sp³-hybridized carbons (Fsp3) is 0.405. The molecular formula is C37H47N5O10. The van der Waals surface area contributed by atoms with E-state index in [2.05, 4.69) is 26.3 Å². The maximum absolute atomic E-state index is 13.7. The number of H-pyrrole nitrogens is 1. The predicted octanol–water partition coefficient (Wildman–Crippen LogP) is 2.82. The Morgan fingerprint density at radius 3 is 2.00 bits per heavy atom. The topological polar surface area (TPSA) is 214 Å². The summed E-state index contributed by atoms with van der Waals surface area (Å²) in [5.74, 6) is -4.07. The number of hydrogen-bond donors (Lipinski definition) is 6. The number of ether oxygens (including phenoxy) is 3. The zero-order valence-electron chi connectivity index (χ0n) is 29.8. The molecule has 2 aromatic carbocycles. The molecule has 3 aromatic rings. The van der Waals surface area contributed by atoms with E-state index in [1.807, 2.05) is 18.2 Å². The monoisotopic (exact) mass is 721 g/mol. The molecule has 0 aliphatic heterocycles. The average Bonchev–Trinajstić information content (AvgIpc) is 3.66. The molecule has 0 radical (unpaired) electrons. The largest absolute Gasteiger partial charge is 0.461 e. The van der Waals surface area contributed by atoms with Crippen molar-refractivity contribution in [1.29, 1.82) is 0 Å². The molecule has 0 fully saturated rings. The third-order valence-corrected chi connectivity index (χ3v) is 7.52. The molecule has 0 spiro atoms. The molecule has 0 unspecified atom stereocenters. The van der Waals surface area contributed by atoms with Crippen molar-refractivity contribution in [3.8, 4) is 0 Å². The number of amides is 4. The number of carbonyl (C=O) groups excluding carboxylic acids is 6. The molecule has 6 N–H and O–H groups in total. The number of alkyl carbamates (subject to hydrolysis) is 1. The molecule has 1 aromatic heterocycles. The number of nitrogens with one attached hydrogen (secondary N) is 5. The van der Waals surface area contributed by atoms with E-state index in [9.17, 15) is 33.9 Å². The van der Waals surface area contributed by atoms with Gasteiger partial charge in [0.05, 0.1) is 19.1 Å². The maximum atomic E-state index is 13.7. The lowest BCUT2D eigenvalue weighted by molar-refractivity contribution is -0.146. The zero-order chi connectivity index (χ0) is 38.3. The fourth-order valence-corrected chi connectivity index (χ4v) is 4.84. The Morgan fingerprint density at radius 2 is 1.42 bits per heavy atom. The van der Waals surface area contributed by atoms with Crippen LogP contribution >= 0.6 is 0 Å². The van der Waals surface area contributed by atoms with Gasteiger partial charge in [0.1, 0.15) is 42.1 Å². The number of rotatable bonds is 17. The second-order valence-electron chi connectivity index (χ2n) is 12.9. The average molecular weight is 722 g/mol. The standard InChI is InChI=1S/C37H47N5O10/c1-6-26(41-36(49)52-37(3,4)5)32(45)42-31(23(2)51-35(48)27-18-13-19-38-27)34(47)40-29(21-43)33(46)39-28(25-16-11-8-12-17-25)20-30(44)50-22-24-14-9-7-10-15-24/h7-19,23,26,28-29,31,38,43H,6,20-22H2,1-5H3,(H,39,46)(H,40,47)(H,41,49)(H,42,45)/t23-,26-,28+,29-,31-/m0/s1.